The van der Waals surface area contributed by atoms with Crippen molar-refractivity contribution in [3.8, 4) is 5.75 Å². The molecule has 1 amide bonds. The molecule has 31 heavy (non-hydrogen) atoms. The number of nitrogens with zero attached hydrogens (tertiary/aromatic N) is 2. The number of hydrogen-bond donors (Lipinski definition) is 1. The van der Waals surface area contributed by atoms with Crippen LogP contribution in [0, 0.1) is 0 Å². The van der Waals surface area contributed by atoms with E-state index < -0.39 is 10.0 Å². The Kier molecular flexibility index (Phi) is 6.60. The van der Waals surface area contributed by atoms with Crippen LogP contribution in [0.5, 0.6) is 5.75 Å². The largest absolute Gasteiger partial charge is 0.493 e. The first kappa shape index (κ1) is 21.8. The van der Waals surface area contributed by atoms with E-state index in [0.29, 0.717) is 31.6 Å². The van der Waals surface area contributed by atoms with Gasteiger partial charge in [0.2, 0.25) is 10.0 Å². The maximum atomic E-state index is 12.9. The first-order valence-electron chi connectivity index (χ1n) is 10.7. The van der Waals surface area contributed by atoms with Crippen LogP contribution in [-0.2, 0) is 29.4 Å². The zero-order valence-corrected chi connectivity index (χ0v) is 18.7. The van der Waals surface area contributed by atoms with E-state index >= 15 is 0 Å². The third-order valence-electron chi connectivity index (χ3n) is 5.80. The first-order valence-corrected chi connectivity index (χ1v) is 12.6. The molecule has 2 heterocycles. The van der Waals surface area contributed by atoms with Crippen molar-refractivity contribution in [2.75, 3.05) is 45.6 Å². The number of carbonyl (C=O) groups excluding carboxylic acids is 1. The monoisotopic (exact) mass is 443 g/mol. The fraction of sp³-hybridized carbons (Fsp3) is 0.435. The maximum Gasteiger partial charge on any atom is 0.253 e. The summed E-state index contributed by atoms with van der Waals surface area (Å²) in [5.41, 5.74) is 4.26. The standard InChI is InChI=1S/C23H29N3O4S/c1-31(28,29)24-10-8-18-2-5-20(6-3-18)23(27)26-13-11-25(12-14-26)17-19-4-7-22-21(16-19)9-15-30-22/h2-7,16,24H,8-15,17H2,1H3. The van der Waals surface area contributed by atoms with Gasteiger partial charge in [-0.3, -0.25) is 9.69 Å². The highest BCUT2D eigenvalue weighted by Crippen LogP contribution is 2.26. The molecule has 1 saturated heterocycles. The van der Waals surface area contributed by atoms with E-state index in [0.717, 1.165) is 50.2 Å². The summed E-state index contributed by atoms with van der Waals surface area (Å²) in [5.74, 6) is 1.06. The summed E-state index contributed by atoms with van der Waals surface area (Å²) in [6.07, 6.45) is 2.72. The van der Waals surface area contributed by atoms with E-state index in [2.05, 4.69) is 27.8 Å². The van der Waals surface area contributed by atoms with Crippen molar-refractivity contribution < 1.29 is 17.9 Å². The fourth-order valence-electron chi connectivity index (χ4n) is 4.08. The molecule has 2 aromatic carbocycles. The highest BCUT2D eigenvalue weighted by molar-refractivity contribution is 7.88. The van der Waals surface area contributed by atoms with Crippen molar-refractivity contribution in [1.82, 2.24) is 14.5 Å². The van der Waals surface area contributed by atoms with Gasteiger partial charge in [0.15, 0.2) is 0 Å². The zero-order valence-electron chi connectivity index (χ0n) is 17.8. The van der Waals surface area contributed by atoms with Gasteiger partial charge in [-0.2, -0.15) is 0 Å². The lowest BCUT2D eigenvalue weighted by atomic mass is 10.1. The third-order valence-corrected chi connectivity index (χ3v) is 6.53. The molecule has 0 unspecified atom stereocenters. The third kappa shape index (κ3) is 5.84. The molecule has 0 aliphatic carbocycles. The smallest absolute Gasteiger partial charge is 0.253 e. The Balaban J connectivity index is 1.26. The molecule has 7 nitrogen and oxygen atoms in total. The average Bonchev–Trinajstić information content (AvgIpc) is 3.21. The molecule has 0 bridgehead atoms. The van der Waals surface area contributed by atoms with Crippen molar-refractivity contribution in [3.05, 3.63) is 64.7 Å². The SMILES string of the molecule is CS(=O)(=O)NCCc1ccc(C(=O)N2CCN(Cc3ccc4c(c3)CCO4)CC2)cc1. The summed E-state index contributed by atoms with van der Waals surface area (Å²) >= 11 is 0. The molecular formula is C23H29N3O4S. The number of hydrogen-bond acceptors (Lipinski definition) is 5. The second-order valence-corrected chi connectivity index (χ2v) is 10.1. The molecule has 0 spiro atoms. The lowest BCUT2D eigenvalue weighted by Crippen LogP contribution is -2.48. The summed E-state index contributed by atoms with van der Waals surface area (Å²) in [6, 6.07) is 13.9. The predicted molar refractivity (Wildman–Crippen MR) is 120 cm³/mol. The van der Waals surface area contributed by atoms with Crippen molar-refractivity contribution in [2.45, 2.75) is 19.4 Å². The van der Waals surface area contributed by atoms with Gasteiger partial charge in [-0.05, 0) is 41.3 Å². The zero-order chi connectivity index (χ0) is 21.8. The number of ether oxygens (including phenoxy) is 1. The Hall–Kier alpha value is -2.42. The summed E-state index contributed by atoms with van der Waals surface area (Å²) in [6.45, 7) is 5.16. The molecule has 0 radical (unpaired) electrons. The summed E-state index contributed by atoms with van der Waals surface area (Å²) in [7, 11) is -3.18. The average molecular weight is 444 g/mol. The Morgan fingerprint density at radius 3 is 2.45 bits per heavy atom. The molecular weight excluding hydrogens is 414 g/mol. The first-order chi connectivity index (χ1) is 14.9. The van der Waals surface area contributed by atoms with Gasteiger partial charge in [0.1, 0.15) is 5.75 Å². The van der Waals surface area contributed by atoms with Crippen LogP contribution in [0.2, 0.25) is 0 Å². The lowest BCUT2D eigenvalue weighted by Gasteiger charge is -2.35. The molecule has 4 rings (SSSR count). The van der Waals surface area contributed by atoms with Crippen molar-refractivity contribution >= 4 is 15.9 Å². The minimum absolute atomic E-state index is 0.0511. The number of benzene rings is 2. The molecule has 2 aromatic rings. The van der Waals surface area contributed by atoms with Gasteiger partial charge in [0, 0.05) is 51.3 Å². The van der Waals surface area contributed by atoms with Crippen molar-refractivity contribution in [2.24, 2.45) is 0 Å². The van der Waals surface area contributed by atoms with E-state index in [-0.39, 0.29) is 5.91 Å². The number of amides is 1. The van der Waals surface area contributed by atoms with Gasteiger partial charge in [-0.1, -0.05) is 24.3 Å². The summed E-state index contributed by atoms with van der Waals surface area (Å²) in [4.78, 5) is 17.1. The molecule has 0 saturated carbocycles. The summed E-state index contributed by atoms with van der Waals surface area (Å²) in [5, 5.41) is 0. The van der Waals surface area contributed by atoms with Gasteiger partial charge in [0.25, 0.3) is 5.91 Å². The number of carbonyl (C=O) groups is 1. The Bertz CT molecular complexity index is 1030. The van der Waals surface area contributed by atoms with E-state index in [1.165, 1.54) is 11.1 Å². The molecule has 1 N–H and O–H groups in total. The van der Waals surface area contributed by atoms with E-state index in [9.17, 15) is 13.2 Å². The topological polar surface area (TPSA) is 79.0 Å². The number of fused-ring (bicyclic) bond motifs is 1. The Morgan fingerprint density at radius 1 is 1.03 bits per heavy atom. The van der Waals surface area contributed by atoms with Crippen LogP contribution in [0.1, 0.15) is 27.0 Å². The van der Waals surface area contributed by atoms with Crippen LogP contribution >= 0.6 is 0 Å². The van der Waals surface area contributed by atoms with Crippen LogP contribution in [0.4, 0.5) is 0 Å². The van der Waals surface area contributed by atoms with Crippen LogP contribution in [0.15, 0.2) is 42.5 Å². The van der Waals surface area contributed by atoms with Crippen LogP contribution in [0.3, 0.4) is 0 Å². The molecule has 1 fully saturated rings. The van der Waals surface area contributed by atoms with Crippen molar-refractivity contribution in [1.29, 1.82) is 0 Å². The number of nitrogens with one attached hydrogen (secondary N) is 1. The van der Waals surface area contributed by atoms with Crippen LogP contribution in [-0.4, -0.2) is 69.7 Å². The van der Waals surface area contributed by atoms with Gasteiger partial charge < -0.3 is 9.64 Å². The van der Waals surface area contributed by atoms with Gasteiger partial charge in [0.05, 0.1) is 12.9 Å². The highest BCUT2D eigenvalue weighted by Gasteiger charge is 2.22. The highest BCUT2D eigenvalue weighted by atomic mass is 32.2. The minimum Gasteiger partial charge on any atom is -0.493 e. The second-order valence-electron chi connectivity index (χ2n) is 8.22. The minimum atomic E-state index is -3.18. The van der Waals surface area contributed by atoms with Crippen LogP contribution in [0.25, 0.3) is 0 Å². The number of rotatable bonds is 7. The van der Waals surface area contributed by atoms with E-state index in [1.807, 2.05) is 29.2 Å². The predicted octanol–water partition coefficient (Wildman–Crippen LogP) is 1.67. The van der Waals surface area contributed by atoms with Crippen molar-refractivity contribution in [3.63, 3.8) is 0 Å². The van der Waals surface area contributed by atoms with E-state index in [1.54, 1.807) is 0 Å². The lowest BCUT2D eigenvalue weighted by molar-refractivity contribution is 0.0628. The van der Waals surface area contributed by atoms with Gasteiger partial charge in [-0.15, -0.1) is 0 Å². The Labute approximate surface area is 184 Å². The number of sulfonamides is 1. The van der Waals surface area contributed by atoms with Gasteiger partial charge >= 0.3 is 0 Å². The molecule has 8 heteroatoms. The molecule has 2 aliphatic rings. The molecule has 166 valence electrons. The Morgan fingerprint density at radius 2 is 1.74 bits per heavy atom. The number of piperazine rings is 1. The summed E-state index contributed by atoms with van der Waals surface area (Å²) < 4.78 is 30.3. The van der Waals surface area contributed by atoms with E-state index in [4.69, 9.17) is 4.74 Å². The van der Waals surface area contributed by atoms with Crippen LogP contribution < -0.4 is 9.46 Å². The second kappa shape index (κ2) is 9.38. The molecule has 2 aliphatic heterocycles. The van der Waals surface area contributed by atoms with Gasteiger partial charge in [-0.25, -0.2) is 13.1 Å². The quantitative estimate of drug-likeness (QED) is 0.704. The fourth-order valence-corrected chi connectivity index (χ4v) is 4.56. The maximum absolute atomic E-state index is 12.9. The molecule has 0 atom stereocenters. The molecule has 0 aromatic heterocycles. The normalized spacial score (nSPS) is 16.7.